The normalized spacial score (nSPS) is 13.6. The minimum absolute atomic E-state index is 0.474. The van der Waals surface area contributed by atoms with Crippen molar-refractivity contribution in [3.05, 3.63) is 29.8 Å². The van der Waals surface area contributed by atoms with Gasteiger partial charge in [0.05, 0.1) is 6.10 Å². The second kappa shape index (κ2) is 4.74. The van der Waals surface area contributed by atoms with E-state index in [0.717, 1.165) is 4.90 Å². The molecule has 2 nitrogen and oxygen atoms in total. The molecule has 0 radical (unpaired) electrons. The lowest BCUT2D eigenvalue weighted by molar-refractivity contribution is -0.119. The van der Waals surface area contributed by atoms with Gasteiger partial charge in [0, 0.05) is 12.7 Å². The standard InChI is InChI=1S/C11H14F3NO/c1-8(16)9-3-5-10(6-4-9)15(2)7-11(12,13)14/h3-6,8,16H,7H2,1-2H3/t8-/m0/s1. The van der Waals surface area contributed by atoms with Crippen molar-refractivity contribution in [3.8, 4) is 0 Å². The third-order valence-electron chi connectivity index (χ3n) is 2.23. The minimum atomic E-state index is -4.21. The molecule has 0 spiro atoms. The van der Waals surface area contributed by atoms with E-state index in [1.807, 2.05) is 0 Å². The minimum Gasteiger partial charge on any atom is -0.389 e. The van der Waals surface area contributed by atoms with E-state index >= 15 is 0 Å². The first kappa shape index (κ1) is 12.8. The van der Waals surface area contributed by atoms with Crippen molar-refractivity contribution in [2.24, 2.45) is 0 Å². The highest BCUT2D eigenvalue weighted by molar-refractivity contribution is 5.47. The number of hydrogen-bond acceptors (Lipinski definition) is 2. The zero-order valence-corrected chi connectivity index (χ0v) is 9.12. The molecule has 0 aromatic heterocycles. The number of alkyl halides is 3. The van der Waals surface area contributed by atoms with E-state index < -0.39 is 18.8 Å². The van der Waals surface area contributed by atoms with Gasteiger partial charge in [0.15, 0.2) is 0 Å². The molecule has 1 rings (SSSR count). The number of nitrogens with zero attached hydrogens (tertiary/aromatic N) is 1. The van der Waals surface area contributed by atoms with Crippen molar-refractivity contribution >= 4 is 5.69 Å². The Balaban J connectivity index is 2.74. The fraction of sp³-hybridized carbons (Fsp3) is 0.455. The summed E-state index contributed by atoms with van der Waals surface area (Å²) in [6.07, 6.45) is -4.82. The number of halogens is 3. The molecule has 5 heteroatoms. The maximum atomic E-state index is 12.1. The fourth-order valence-electron chi connectivity index (χ4n) is 1.37. The van der Waals surface area contributed by atoms with Gasteiger partial charge in [-0.25, -0.2) is 0 Å². The van der Waals surface area contributed by atoms with Crippen LogP contribution in [0.15, 0.2) is 24.3 Å². The van der Waals surface area contributed by atoms with Gasteiger partial charge >= 0.3 is 6.18 Å². The molecule has 0 unspecified atom stereocenters. The predicted molar refractivity (Wildman–Crippen MR) is 56.4 cm³/mol. The van der Waals surface area contributed by atoms with Crippen molar-refractivity contribution in [3.63, 3.8) is 0 Å². The average molecular weight is 233 g/mol. The molecule has 16 heavy (non-hydrogen) atoms. The average Bonchev–Trinajstić information content (AvgIpc) is 2.15. The molecule has 1 atom stereocenters. The molecule has 0 heterocycles. The molecule has 90 valence electrons. The summed E-state index contributed by atoms with van der Waals surface area (Å²) in [5.74, 6) is 0. The topological polar surface area (TPSA) is 23.5 Å². The van der Waals surface area contributed by atoms with Crippen LogP contribution in [0, 0.1) is 0 Å². The van der Waals surface area contributed by atoms with E-state index in [-0.39, 0.29) is 0 Å². The van der Waals surface area contributed by atoms with E-state index in [4.69, 9.17) is 0 Å². The van der Waals surface area contributed by atoms with Gasteiger partial charge in [-0.05, 0) is 24.6 Å². The zero-order chi connectivity index (χ0) is 12.3. The van der Waals surface area contributed by atoms with Crippen LogP contribution in [-0.2, 0) is 0 Å². The predicted octanol–water partition coefficient (Wildman–Crippen LogP) is 2.74. The van der Waals surface area contributed by atoms with Crippen molar-refractivity contribution in [1.29, 1.82) is 0 Å². The van der Waals surface area contributed by atoms with Gasteiger partial charge in [-0.2, -0.15) is 13.2 Å². The van der Waals surface area contributed by atoms with Crippen LogP contribution in [-0.4, -0.2) is 24.9 Å². The summed E-state index contributed by atoms with van der Waals surface area (Å²) in [6.45, 7) is 0.620. The number of aliphatic hydroxyl groups is 1. The Morgan fingerprint density at radius 3 is 2.12 bits per heavy atom. The Kier molecular flexibility index (Phi) is 3.80. The number of anilines is 1. The molecule has 0 aliphatic rings. The lowest BCUT2D eigenvalue weighted by Crippen LogP contribution is -2.30. The molecular weight excluding hydrogens is 219 g/mol. The number of aliphatic hydroxyl groups excluding tert-OH is 1. The number of benzene rings is 1. The summed E-state index contributed by atoms with van der Waals surface area (Å²) in [5, 5.41) is 9.25. The third-order valence-corrected chi connectivity index (χ3v) is 2.23. The van der Waals surface area contributed by atoms with Crippen LogP contribution in [0.3, 0.4) is 0 Å². The van der Waals surface area contributed by atoms with E-state index in [9.17, 15) is 18.3 Å². The first-order valence-corrected chi connectivity index (χ1v) is 4.85. The molecule has 1 aromatic carbocycles. The van der Waals surface area contributed by atoms with Gasteiger partial charge in [0.2, 0.25) is 0 Å². The van der Waals surface area contributed by atoms with Crippen LogP contribution in [0.2, 0.25) is 0 Å². The van der Waals surface area contributed by atoms with Crippen molar-refractivity contribution in [2.75, 3.05) is 18.5 Å². The molecule has 0 amide bonds. The van der Waals surface area contributed by atoms with Crippen LogP contribution in [0.1, 0.15) is 18.6 Å². The Morgan fingerprint density at radius 1 is 1.25 bits per heavy atom. The summed E-state index contributed by atoms with van der Waals surface area (Å²) in [7, 11) is 1.38. The summed E-state index contributed by atoms with van der Waals surface area (Å²) in [5.41, 5.74) is 1.16. The maximum Gasteiger partial charge on any atom is 0.405 e. The zero-order valence-electron chi connectivity index (χ0n) is 9.12. The molecule has 1 N–H and O–H groups in total. The summed E-state index contributed by atoms with van der Waals surface area (Å²) >= 11 is 0. The molecule has 0 bridgehead atoms. The van der Waals surface area contributed by atoms with E-state index in [1.54, 1.807) is 31.2 Å². The highest BCUT2D eigenvalue weighted by Crippen LogP contribution is 2.22. The lowest BCUT2D eigenvalue weighted by Gasteiger charge is -2.21. The monoisotopic (exact) mass is 233 g/mol. The quantitative estimate of drug-likeness (QED) is 0.867. The highest BCUT2D eigenvalue weighted by atomic mass is 19.4. The smallest absolute Gasteiger partial charge is 0.389 e. The van der Waals surface area contributed by atoms with Crippen LogP contribution in [0.5, 0.6) is 0 Å². The van der Waals surface area contributed by atoms with Crippen LogP contribution in [0.25, 0.3) is 0 Å². The third kappa shape index (κ3) is 3.73. The van der Waals surface area contributed by atoms with Crippen molar-refractivity contribution in [1.82, 2.24) is 0 Å². The Morgan fingerprint density at radius 2 is 1.75 bits per heavy atom. The summed E-state index contributed by atoms with van der Waals surface area (Å²) in [4.78, 5) is 1.12. The van der Waals surface area contributed by atoms with Gasteiger partial charge in [-0.15, -0.1) is 0 Å². The van der Waals surface area contributed by atoms with E-state index in [0.29, 0.717) is 11.3 Å². The van der Waals surface area contributed by atoms with Gasteiger partial charge in [-0.1, -0.05) is 12.1 Å². The second-order valence-corrected chi connectivity index (χ2v) is 3.74. The molecule has 0 saturated heterocycles. The number of rotatable bonds is 3. The largest absolute Gasteiger partial charge is 0.405 e. The fourth-order valence-corrected chi connectivity index (χ4v) is 1.37. The lowest BCUT2D eigenvalue weighted by atomic mass is 10.1. The van der Waals surface area contributed by atoms with Gasteiger partial charge in [0.25, 0.3) is 0 Å². The Hall–Kier alpha value is -1.23. The van der Waals surface area contributed by atoms with Crippen LogP contribution < -0.4 is 4.90 Å². The molecule has 0 aliphatic heterocycles. The van der Waals surface area contributed by atoms with E-state index in [1.165, 1.54) is 7.05 Å². The highest BCUT2D eigenvalue weighted by Gasteiger charge is 2.29. The molecule has 0 fully saturated rings. The molecule has 1 aromatic rings. The summed E-state index contributed by atoms with van der Waals surface area (Å²) in [6, 6.07) is 6.36. The van der Waals surface area contributed by atoms with Gasteiger partial charge in [0.1, 0.15) is 6.54 Å². The summed E-state index contributed by atoms with van der Waals surface area (Å²) < 4.78 is 36.4. The van der Waals surface area contributed by atoms with Crippen LogP contribution in [0.4, 0.5) is 18.9 Å². The molecular formula is C11H14F3NO. The Labute approximate surface area is 92.3 Å². The van der Waals surface area contributed by atoms with Crippen molar-refractivity contribution in [2.45, 2.75) is 19.2 Å². The molecule has 0 saturated carbocycles. The van der Waals surface area contributed by atoms with Gasteiger partial charge < -0.3 is 10.0 Å². The molecule has 0 aliphatic carbocycles. The maximum absolute atomic E-state index is 12.1. The van der Waals surface area contributed by atoms with Crippen LogP contribution >= 0.6 is 0 Å². The first-order valence-electron chi connectivity index (χ1n) is 4.85. The Bertz CT molecular complexity index is 332. The number of hydrogen-bond donors (Lipinski definition) is 1. The second-order valence-electron chi connectivity index (χ2n) is 3.74. The van der Waals surface area contributed by atoms with Gasteiger partial charge in [-0.3, -0.25) is 0 Å². The SMILES string of the molecule is C[C@H](O)c1ccc(N(C)CC(F)(F)F)cc1. The van der Waals surface area contributed by atoms with Crippen molar-refractivity contribution < 1.29 is 18.3 Å². The van der Waals surface area contributed by atoms with E-state index in [2.05, 4.69) is 0 Å². The first-order chi connectivity index (χ1) is 7.29.